The number of aliphatic hydroxyl groups is 1. The SMILES string of the molecule is COC(C)(C)C(O)CS(=O)(=O)c1ccc(Br)cc1. The highest BCUT2D eigenvalue weighted by atomic mass is 79.9. The molecule has 1 N–H and O–H groups in total. The molecule has 6 heteroatoms. The van der Waals surface area contributed by atoms with Crippen LogP contribution in [0, 0.1) is 0 Å². The summed E-state index contributed by atoms with van der Waals surface area (Å²) in [5.41, 5.74) is -0.900. The van der Waals surface area contributed by atoms with E-state index in [-0.39, 0.29) is 10.6 Å². The highest BCUT2D eigenvalue weighted by Gasteiger charge is 2.32. The molecule has 0 amide bonds. The minimum Gasteiger partial charge on any atom is -0.389 e. The molecular weight excluding hydrogens is 320 g/mol. The van der Waals surface area contributed by atoms with Crippen molar-refractivity contribution in [3.8, 4) is 0 Å². The van der Waals surface area contributed by atoms with Crippen LogP contribution in [0.1, 0.15) is 13.8 Å². The van der Waals surface area contributed by atoms with Crippen molar-refractivity contribution in [2.45, 2.75) is 30.4 Å². The summed E-state index contributed by atoms with van der Waals surface area (Å²) in [6.45, 7) is 3.30. The fourth-order valence-corrected chi connectivity index (χ4v) is 3.11. The van der Waals surface area contributed by atoms with Gasteiger partial charge in [-0.2, -0.15) is 0 Å². The van der Waals surface area contributed by atoms with Crippen molar-refractivity contribution in [2.24, 2.45) is 0 Å². The topological polar surface area (TPSA) is 63.6 Å². The van der Waals surface area contributed by atoms with Gasteiger partial charge in [-0.05, 0) is 38.1 Å². The molecule has 18 heavy (non-hydrogen) atoms. The standard InChI is InChI=1S/C12H17BrO4S/c1-12(2,17-3)11(14)8-18(15,16)10-6-4-9(13)5-7-10/h4-7,11,14H,8H2,1-3H3. The second-order valence-corrected chi connectivity index (χ2v) is 7.51. The van der Waals surface area contributed by atoms with Gasteiger partial charge >= 0.3 is 0 Å². The summed E-state index contributed by atoms with van der Waals surface area (Å²) < 4.78 is 30.1. The van der Waals surface area contributed by atoms with E-state index >= 15 is 0 Å². The van der Waals surface area contributed by atoms with Gasteiger partial charge in [0.1, 0.15) is 0 Å². The van der Waals surface area contributed by atoms with Gasteiger partial charge in [-0.3, -0.25) is 0 Å². The van der Waals surface area contributed by atoms with Crippen LogP contribution in [-0.4, -0.2) is 38.1 Å². The zero-order valence-electron chi connectivity index (χ0n) is 10.6. The van der Waals surface area contributed by atoms with Crippen LogP contribution in [0.4, 0.5) is 0 Å². The average molecular weight is 337 g/mol. The molecule has 0 saturated carbocycles. The van der Waals surface area contributed by atoms with Crippen LogP contribution < -0.4 is 0 Å². The van der Waals surface area contributed by atoms with E-state index in [1.54, 1.807) is 26.0 Å². The first-order valence-corrected chi connectivity index (χ1v) is 7.85. The number of rotatable bonds is 5. The first-order chi connectivity index (χ1) is 8.19. The molecule has 1 atom stereocenters. The molecule has 0 spiro atoms. The number of ether oxygens (including phenoxy) is 1. The summed E-state index contributed by atoms with van der Waals surface area (Å²) in [7, 11) is -2.08. The molecule has 1 unspecified atom stereocenters. The molecule has 0 aliphatic carbocycles. The lowest BCUT2D eigenvalue weighted by molar-refractivity contribution is -0.0672. The van der Waals surface area contributed by atoms with Gasteiger partial charge in [0.05, 0.1) is 22.4 Å². The second kappa shape index (κ2) is 5.69. The number of hydrogen-bond donors (Lipinski definition) is 1. The van der Waals surface area contributed by atoms with Crippen LogP contribution in [0.15, 0.2) is 33.6 Å². The Kier molecular flexibility index (Phi) is 4.94. The molecule has 102 valence electrons. The van der Waals surface area contributed by atoms with E-state index in [4.69, 9.17) is 4.74 Å². The molecule has 0 aliphatic heterocycles. The molecule has 0 aliphatic rings. The zero-order valence-corrected chi connectivity index (χ0v) is 13.0. The number of benzene rings is 1. The third kappa shape index (κ3) is 3.78. The zero-order chi connectivity index (χ0) is 14.0. The van der Waals surface area contributed by atoms with Crippen molar-refractivity contribution in [1.82, 2.24) is 0 Å². The quantitative estimate of drug-likeness (QED) is 0.893. The summed E-state index contributed by atoms with van der Waals surface area (Å²) in [4.78, 5) is 0.191. The van der Waals surface area contributed by atoms with Gasteiger partial charge < -0.3 is 9.84 Å². The molecule has 0 saturated heterocycles. The predicted octanol–water partition coefficient (Wildman–Crippen LogP) is 2.01. The van der Waals surface area contributed by atoms with E-state index < -0.39 is 21.5 Å². The smallest absolute Gasteiger partial charge is 0.181 e. The van der Waals surface area contributed by atoms with Crippen LogP contribution in [0.5, 0.6) is 0 Å². The van der Waals surface area contributed by atoms with E-state index in [0.717, 1.165) is 4.47 Å². The number of halogens is 1. The molecule has 1 aromatic carbocycles. The van der Waals surface area contributed by atoms with Crippen LogP contribution >= 0.6 is 15.9 Å². The molecular formula is C12H17BrO4S. The van der Waals surface area contributed by atoms with Gasteiger partial charge in [-0.15, -0.1) is 0 Å². The van der Waals surface area contributed by atoms with Crippen molar-refractivity contribution in [2.75, 3.05) is 12.9 Å². The maximum Gasteiger partial charge on any atom is 0.181 e. The monoisotopic (exact) mass is 336 g/mol. The molecule has 4 nitrogen and oxygen atoms in total. The van der Waals surface area contributed by atoms with E-state index in [2.05, 4.69) is 15.9 Å². The Morgan fingerprint density at radius 1 is 1.33 bits per heavy atom. The van der Waals surface area contributed by atoms with Crippen LogP contribution in [0.3, 0.4) is 0 Å². The second-order valence-electron chi connectivity index (χ2n) is 4.56. The van der Waals surface area contributed by atoms with Gasteiger partial charge in [-0.1, -0.05) is 15.9 Å². The largest absolute Gasteiger partial charge is 0.389 e. The first-order valence-electron chi connectivity index (χ1n) is 5.40. The average Bonchev–Trinajstić information content (AvgIpc) is 2.29. The van der Waals surface area contributed by atoms with Crippen molar-refractivity contribution >= 4 is 25.8 Å². The molecule has 0 fully saturated rings. The van der Waals surface area contributed by atoms with Gasteiger partial charge in [-0.25, -0.2) is 8.42 Å². The molecule has 0 radical (unpaired) electrons. The molecule has 0 heterocycles. The Morgan fingerprint density at radius 3 is 2.28 bits per heavy atom. The van der Waals surface area contributed by atoms with E-state index in [1.165, 1.54) is 19.2 Å². The third-order valence-corrected chi connectivity index (χ3v) is 5.15. The van der Waals surface area contributed by atoms with Crippen molar-refractivity contribution in [3.05, 3.63) is 28.7 Å². The third-order valence-electron chi connectivity index (χ3n) is 2.88. The van der Waals surface area contributed by atoms with Crippen molar-refractivity contribution in [1.29, 1.82) is 0 Å². The number of hydrogen-bond acceptors (Lipinski definition) is 4. The Hall–Kier alpha value is -0.430. The first kappa shape index (κ1) is 15.6. The lowest BCUT2D eigenvalue weighted by Gasteiger charge is -2.28. The van der Waals surface area contributed by atoms with Crippen molar-refractivity contribution < 1.29 is 18.3 Å². The van der Waals surface area contributed by atoms with Crippen LogP contribution in [0.2, 0.25) is 0 Å². The predicted molar refractivity (Wildman–Crippen MR) is 73.3 cm³/mol. The molecule has 1 aromatic rings. The summed E-state index contributed by atoms with van der Waals surface area (Å²) in [5.74, 6) is -0.366. The summed E-state index contributed by atoms with van der Waals surface area (Å²) in [5, 5.41) is 9.92. The summed E-state index contributed by atoms with van der Waals surface area (Å²) >= 11 is 3.24. The van der Waals surface area contributed by atoms with Gasteiger partial charge in [0.25, 0.3) is 0 Å². The Labute approximate surface area is 116 Å². The van der Waals surface area contributed by atoms with E-state index in [0.29, 0.717) is 0 Å². The Bertz CT molecular complexity index is 493. The van der Waals surface area contributed by atoms with Crippen LogP contribution in [-0.2, 0) is 14.6 Å². The lowest BCUT2D eigenvalue weighted by Crippen LogP contribution is -2.42. The minimum absolute atomic E-state index is 0.191. The maximum absolute atomic E-state index is 12.1. The fraction of sp³-hybridized carbons (Fsp3) is 0.500. The van der Waals surface area contributed by atoms with E-state index in [9.17, 15) is 13.5 Å². The highest BCUT2D eigenvalue weighted by molar-refractivity contribution is 9.10. The Balaban J connectivity index is 2.92. The molecule has 0 bridgehead atoms. The lowest BCUT2D eigenvalue weighted by atomic mass is 10.0. The van der Waals surface area contributed by atoms with Gasteiger partial charge in [0.15, 0.2) is 9.84 Å². The molecule has 0 aromatic heterocycles. The maximum atomic E-state index is 12.1. The summed E-state index contributed by atoms with van der Waals surface area (Å²) in [6.07, 6.45) is -1.09. The van der Waals surface area contributed by atoms with Gasteiger partial charge in [0.2, 0.25) is 0 Å². The normalized spacial score (nSPS) is 14.5. The number of aliphatic hydroxyl groups excluding tert-OH is 1. The highest BCUT2D eigenvalue weighted by Crippen LogP contribution is 2.20. The van der Waals surface area contributed by atoms with Crippen molar-refractivity contribution in [3.63, 3.8) is 0 Å². The number of methoxy groups -OCH3 is 1. The van der Waals surface area contributed by atoms with E-state index in [1.807, 2.05) is 0 Å². The van der Waals surface area contributed by atoms with Gasteiger partial charge in [0, 0.05) is 11.6 Å². The fourth-order valence-electron chi connectivity index (χ4n) is 1.28. The minimum atomic E-state index is -3.52. The number of sulfone groups is 1. The Morgan fingerprint density at radius 2 is 1.83 bits per heavy atom. The van der Waals surface area contributed by atoms with Crippen LogP contribution in [0.25, 0.3) is 0 Å². The summed E-state index contributed by atoms with van der Waals surface area (Å²) in [6, 6.07) is 6.32. The molecule has 1 rings (SSSR count).